The number of nitrogens with zero attached hydrogens (tertiary/aromatic N) is 1. The van der Waals surface area contributed by atoms with Crippen LogP contribution in [0.15, 0.2) is 12.2 Å². The van der Waals surface area contributed by atoms with Crippen molar-refractivity contribution in [3.8, 4) is 0 Å². The molecule has 0 bridgehead atoms. The fourth-order valence-electron chi connectivity index (χ4n) is 4.63. The zero-order valence-corrected chi connectivity index (χ0v) is 17.5. The zero-order valence-electron chi connectivity index (χ0n) is 17.5. The summed E-state index contributed by atoms with van der Waals surface area (Å²) < 4.78 is 0. The van der Waals surface area contributed by atoms with Crippen molar-refractivity contribution in [2.24, 2.45) is 23.7 Å². The molecule has 0 saturated carbocycles. The predicted octanol–water partition coefficient (Wildman–Crippen LogP) is 1.08. The van der Waals surface area contributed by atoms with Gasteiger partial charge in [-0.05, 0) is 32.1 Å². The topological polar surface area (TPSA) is 98.7 Å². The lowest BCUT2D eigenvalue weighted by Crippen LogP contribution is -2.49. The smallest absolute Gasteiger partial charge is 0.243 e. The Morgan fingerprint density at radius 1 is 1.25 bits per heavy atom. The molecule has 0 aromatic rings. The lowest BCUT2D eigenvalue weighted by atomic mass is 9.70. The number of allylic oxidation sites excluding steroid dienone is 1. The Morgan fingerprint density at radius 2 is 1.96 bits per heavy atom. The van der Waals surface area contributed by atoms with Crippen LogP contribution in [0.1, 0.15) is 46.5 Å². The summed E-state index contributed by atoms with van der Waals surface area (Å²) in [7, 11) is 1.58. The summed E-state index contributed by atoms with van der Waals surface area (Å²) in [5.41, 5.74) is 0. The summed E-state index contributed by atoms with van der Waals surface area (Å²) in [6.45, 7) is 6.44. The van der Waals surface area contributed by atoms with Gasteiger partial charge in [-0.15, -0.1) is 0 Å². The maximum Gasteiger partial charge on any atom is 0.243 e. The van der Waals surface area contributed by atoms with Crippen LogP contribution in [0.2, 0.25) is 0 Å². The van der Waals surface area contributed by atoms with E-state index in [1.807, 2.05) is 26.0 Å². The molecule has 1 unspecified atom stereocenters. The van der Waals surface area contributed by atoms with Gasteiger partial charge in [-0.1, -0.05) is 32.4 Å². The van der Waals surface area contributed by atoms with Gasteiger partial charge >= 0.3 is 0 Å². The lowest BCUT2D eigenvalue weighted by molar-refractivity contribution is -0.140. The third-order valence-electron chi connectivity index (χ3n) is 6.01. The molecule has 28 heavy (non-hydrogen) atoms. The molecular weight excluding hydrogens is 358 g/mol. The number of likely N-dealkylation sites (tertiary alicyclic amines) is 1. The second-order valence-electron chi connectivity index (χ2n) is 8.09. The van der Waals surface area contributed by atoms with Gasteiger partial charge in [0.1, 0.15) is 6.04 Å². The number of carbonyl (C=O) groups is 3. The Balaban J connectivity index is 2.33. The van der Waals surface area contributed by atoms with Crippen molar-refractivity contribution in [2.45, 2.75) is 58.5 Å². The number of nitrogens with one attached hydrogen (secondary N) is 2. The van der Waals surface area contributed by atoms with Crippen molar-refractivity contribution in [1.29, 1.82) is 0 Å². The quantitative estimate of drug-likeness (QED) is 0.403. The highest BCUT2D eigenvalue weighted by Gasteiger charge is 2.56. The average Bonchev–Trinajstić information content (AvgIpc) is 2.94. The van der Waals surface area contributed by atoms with Crippen LogP contribution in [0.25, 0.3) is 0 Å². The molecule has 1 heterocycles. The Morgan fingerprint density at radius 3 is 2.57 bits per heavy atom. The van der Waals surface area contributed by atoms with Gasteiger partial charge in [0.2, 0.25) is 17.7 Å². The normalized spacial score (nSPS) is 30.1. The molecule has 0 aromatic heterocycles. The van der Waals surface area contributed by atoms with Crippen LogP contribution < -0.4 is 10.6 Å². The number of aliphatic hydroxyl groups is 1. The van der Waals surface area contributed by atoms with Crippen molar-refractivity contribution in [3.63, 3.8) is 0 Å². The van der Waals surface area contributed by atoms with Gasteiger partial charge in [-0.25, -0.2) is 0 Å². The molecule has 1 aliphatic heterocycles. The van der Waals surface area contributed by atoms with E-state index < -0.39 is 17.9 Å². The van der Waals surface area contributed by atoms with Crippen molar-refractivity contribution in [1.82, 2.24) is 15.5 Å². The van der Waals surface area contributed by atoms with Crippen molar-refractivity contribution < 1.29 is 19.5 Å². The van der Waals surface area contributed by atoms with Gasteiger partial charge in [0.15, 0.2) is 0 Å². The Labute approximate surface area is 167 Å². The minimum atomic E-state index is -0.605. The molecular formula is C21H35N3O4. The molecule has 0 spiro atoms. The molecule has 7 nitrogen and oxygen atoms in total. The molecule has 3 N–H and O–H groups in total. The molecule has 3 amide bonds. The first-order valence-corrected chi connectivity index (χ1v) is 10.5. The molecule has 1 saturated heterocycles. The van der Waals surface area contributed by atoms with Gasteiger partial charge in [-0.2, -0.15) is 0 Å². The summed E-state index contributed by atoms with van der Waals surface area (Å²) in [6.07, 6.45) is 6.95. The van der Waals surface area contributed by atoms with Crippen LogP contribution >= 0.6 is 0 Å². The third kappa shape index (κ3) is 4.57. The first kappa shape index (κ1) is 22.4. The summed E-state index contributed by atoms with van der Waals surface area (Å²) in [4.78, 5) is 40.6. The number of hydrogen-bond acceptors (Lipinski definition) is 4. The predicted molar refractivity (Wildman–Crippen MR) is 107 cm³/mol. The molecule has 7 heteroatoms. The van der Waals surface area contributed by atoms with E-state index in [2.05, 4.69) is 17.6 Å². The largest absolute Gasteiger partial charge is 0.396 e. The highest BCUT2D eigenvalue weighted by Crippen LogP contribution is 2.44. The van der Waals surface area contributed by atoms with E-state index in [0.29, 0.717) is 19.4 Å². The number of aliphatic hydroxyl groups excluding tert-OH is 1. The number of unbranched alkanes of at least 4 members (excludes halogenated alkanes) is 1. The van der Waals surface area contributed by atoms with E-state index >= 15 is 0 Å². The minimum absolute atomic E-state index is 0.0344. The van der Waals surface area contributed by atoms with E-state index in [4.69, 9.17) is 5.11 Å². The number of rotatable bonds is 9. The Hall–Kier alpha value is -1.89. The second-order valence-corrected chi connectivity index (χ2v) is 8.09. The summed E-state index contributed by atoms with van der Waals surface area (Å²) in [5.74, 6) is -1.81. The number of carbonyl (C=O) groups excluding carboxylic acids is 3. The van der Waals surface area contributed by atoms with Gasteiger partial charge < -0.3 is 20.6 Å². The van der Waals surface area contributed by atoms with Crippen LogP contribution in [-0.2, 0) is 14.4 Å². The van der Waals surface area contributed by atoms with E-state index in [1.165, 1.54) is 0 Å². The summed E-state index contributed by atoms with van der Waals surface area (Å²) in [6, 6.07) is -0.571. The van der Waals surface area contributed by atoms with Crippen molar-refractivity contribution in [2.75, 3.05) is 20.2 Å². The molecule has 158 valence electrons. The minimum Gasteiger partial charge on any atom is -0.396 e. The number of hydrogen-bond donors (Lipinski definition) is 3. The van der Waals surface area contributed by atoms with Crippen molar-refractivity contribution in [3.05, 3.63) is 12.2 Å². The number of fused-ring (bicyclic) bond motifs is 1. The van der Waals surface area contributed by atoms with Gasteiger partial charge in [0.05, 0.1) is 11.8 Å². The summed E-state index contributed by atoms with van der Waals surface area (Å²) in [5, 5.41) is 14.8. The molecule has 1 aliphatic carbocycles. The second kappa shape index (κ2) is 10.0. The molecule has 6 atom stereocenters. The van der Waals surface area contributed by atoms with Gasteiger partial charge in [0.25, 0.3) is 0 Å². The van der Waals surface area contributed by atoms with Crippen LogP contribution in [0.4, 0.5) is 0 Å². The monoisotopic (exact) mass is 393 g/mol. The van der Waals surface area contributed by atoms with Crippen LogP contribution in [0.5, 0.6) is 0 Å². The zero-order chi connectivity index (χ0) is 20.8. The van der Waals surface area contributed by atoms with Crippen LogP contribution in [0, 0.1) is 23.7 Å². The molecule has 1 fully saturated rings. The van der Waals surface area contributed by atoms with Gasteiger partial charge in [0, 0.05) is 32.2 Å². The van der Waals surface area contributed by atoms with E-state index in [9.17, 15) is 14.4 Å². The summed E-state index contributed by atoms with van der Waals surface area (Å²) >= 11 is 0. The van der Waals surface area contributed by atoms with E-state index in [1.54, 1.807) is 11.9 Å². The van der Waals surface area contributed by atoms with Crippen LogP contribution in [-0.4, -0.2) is 60.0 Å². The maximum absolute atomic E-state index is 13.3. The van der Waals surface area contributed by atoms with E-state index in [0.717, 1.165) is 12.8 Å². The lowest BCUT2D eigenvalue weighted by Gasteiger charge is -2.32. The standard InChI is InChI=1S/C21H35N3O4/c1-5-8-14(3)23-20(27)18-15-10-9-13(2)16(19(26)22-4)17(15)21(28)24(18)11-6-7-12-25/h9-10,13-18,25H,5-8,11-12H2,1-4H3,(H,22,26)(H,23,27)/t13-,14?,15+,16-,17+,18+/m1/s1. The maximum atomic E-state index is 13.3. The van der Waals surface area contributed by atoms with E-state index in [-0.39, 0.29) is 42.2 Å². The first-order chi connectivity index (χ1) is 13.4. The number of amides is 3. The molecule has 2 aliphatic rings. The molecule has 0 aromatic carbocycles. The highest BCUT2D eigenvalue weighted by molar-refractivity contribution is 5.96. The Bertz CT molecular complexity index is 606. The molecule has 0 radical (unpaired) electrons. The fourth-order valence-corrected chi connectivity index (χ4v) is 4.63. The average molecular weight is 394 g/mol. The fraction of sp³-hybridized carbons (Fsp3) is 0.762. The Kier molecular flexibility index (Phi) is 8.04. The van der Waals surface area contributed by atoms with Crippen LogP contribution in [0.3, 0.4) is 0 Å². The molecule has 2 rings (SSSR count). The van der Waals surface area contributed by atoms with Crippen molar-refractivity contribution >= 4 is 17.7 Å². The van der Waals surface area contributed by atoms with Gasteiger partial charge in [-0.3, -0.25) is 14.4 Å². The highest BCUT2D eigenvalue weighted by atomic mass is 16.3. The first-order valence-electron chi connectivity index (χ1n) is 10.5. The SMILES string of the molecule is CCCC(C)NC(=O)[C@@H]1[C@H]2C=C[C@@H](C)[C@@H](C(=O)NC)[C@H]2C(=O)N1CCCCO. The third-order valence-corrected chi connectivity index (χ3v) is 6.01.